The van der Waals surface area contributed by atoms with E-state index >= 15 is 0 Å². The van der Waals surface area contributed by atoms with Gasteiger partial charge in [0.15, 0.2) is 0 Å². The number of hydrogen-bond acceptors (Lipinski definition) is 5. The van der Waals surface area contributed by atoms with E-state index in [9.17, 15) is 14.3 Å². The zero-order valence-corrected chi connectivity index (χ0v) is 8.73. The van der Waals surface area contributed by atoms with E-state index in [0.717, 1.165) is 13.2 Å². The van der Waals surface area contributed by atoms with Gasteiger partial charge in [-0.1, -0.05) is 11.2 Å². The molecule has 6 heteroatoms. The Balaban J connectivity index is 3.32. The second-order valence-corrected chi connectivity index (χ2v) is 2.75. The van der Waals surface area contributed by atoms with Gasteiger partial charge in [0.05, 0.1) is 12.7 Å². The van der Waals surface area contributed by atoms with Crippen LogP contribution in [-0.4, -0.2) is 31.0 Å². The molecule has 0 aliphatic rings. The highest BCUT2D eigenvalue weighted by atomic mass is 19.1. The second-order valence-electron chi connectivity index (χ2n) is 2.75. The van der Waals surface area contributed by atoms with Crippen LogP contribution in [0.25, 0.3) is 0 Å². The van der Waals surface area contributed by atoms with Crippen molar-refractivity contribution >= 4 is 11.7 Å². The fraction of sp³-hybridized carbons (Fsp3) is 0.200. The molecular weight excluding hydrogens is 217 g/mol. The Morgan fingerprint density at radius 1 is 1.44 bits per heavy atom. The van der Waals surface area contributed by atoms with Gasteiger partial charge in [-0.3, -0.25) is 0 Å². The number of benzene rings is 1. The summed E-state index contributed by atoms with van der Waals surface area (Å²) in [4.78, 5) is 15.7. The van der Waals surface area contributed by atoms with Gasteiger partial charge in [0, 0.05) is 0 Å². The average Bonchev–Trinajstić information content (AvgIpc) is 2.26. The number of nitrogens with zero attached hydrogens (tertiary/aromatic N) is 1. The molecule has 0 radical (unpaired) electrons. The van der Waals surface area contributed by atoms with Gasteiger partial charge in [-0.15, -0.1) is 0 Å². The molecule has 0 saturated carbocycles. The van der Waals surface area contributed by atoms with Crippen molar-refractivity contribution in [3.05, 3.63) is 29.6 Å². The van der Waals surface area contributed by atoms with Crippen LogP contribution < -0.4 is 0 Å². The van der Waals surface area contributed by atoms with Crippen molar-refractivity contribution in [1.82, 2.24) is 0 Å². The second kappa shape index (κ2) is 5.11. The summed E-state index contributed by atoms with van der Waals surface area (Å²) in [7, 11) is 2.31. The van der Waals surface area contributed by atoms with E-state index < -0.39 is 23.2 Å². The monoisotopic (exact) mass is 227 g/mol. The summed E-state index contributed by atoms with van der Waals surface area (Å²) >= 11 is 0. The van der Waals surface area contributed by atoms with Gasteiger partial charge in [-0.05, 0) is 12.1 Å². The molecule has 0 atom stereocenters. The third kappa shape index (κ3) is 2.28. The van der Waals surface area contributed by atoms with Gasteiger partial charge >= 0.3 is 5.97 Å². The largest absolute Gasteiger partial charge is 0.507 e. The number of carbonyl (C=O) groups excluding carboxylic acids is 1. The lowest BCUT2D eigenvalue weighted by Crippen LogP contribution is -2.19. The standard InChI is InChI=1S/C10H10FNO4/c1-15-10(14)9(12-16-2)8-6(11)4-3-5-7(8)13/h3-5,13H,1-2H3/b12-9+. The SMILES string of the molecule is CO/N=C(/C(=O)OC)c1c(O)cccc1F. The molecule has 0 spiro atoms. The molecule has 5 nitrogen and oxygen atoms in total. The molecule has 0 amide bonds. The number of ether oxygens (including phenoxy) is 1. The number of hydrogen-bond donors (Lipinski definition) is 1. The van der Waals surface area contributed by atoms with Crippen LogP contribution in [0.1, 0.15) is 5.56 Å². The molecule has 1 N–H and O–H groups in total. The van der Waals surface area contributed by atoms with Crippen molar-refractivity contribution < 1.29 is 23.9 Å². The zero-order valence-electron chi connectivity index (χ0n) is 8.73. The van der Waals surface area contributed by atoms with Crippen molar-refractivity contribution in [2.75, 3.05) is 14.2 Å². The molecule has 0 saturated heterocycles. The number of esters is 1. The number of rotatable bonds is 3. The van der Waals surface area contributed by atoms with E-state index in [-0.39, 0.29) is 5.56 Å². The zero-order chi connectivity index (χ0) is 12.1. The predicted molar refractivity (Wildman–Crippen MR) is 53.6 cm³/mol. The summed E-state index contributed by atoms with van der Waals surface area (Å²) in [6.45, 7) is 0. The summed E-state index contributed by atoms with van der Waals surface area (Å²) in [5.74, 6) is -2.11. The van der Waals surface area contributed by atoms with Crippen LogP contribution in [0.3, 0.4) is 0 Å². The van der Waals surface area contributed by atoms with Crippen molar-refractivity contribution in [3.63, 3.8) is 0 Å². The number of halogens is 1. The van der Waals surface area contributed by atoms with Gasteiger partial charge in [0.2, 0.25) is 5.71 Å². The highest BCUT2D eigenvalue weighted by molar-refractivity contribution is 6.43. The minimum atomic E-state index is -0.901. The van der Waals surface area contributed by atoms with E-state index in [1.165, 1.54) is 19.2 Å². The van der Waals surface area contributed by atoms with E-state index in [2.05, 4.69) is 14.7 Å². The number of oxime groups is 1. The molecule has 0 fully saturated rings. The van der Waals surface area contributed by atoms with Crippen molar-refractivity contribution in [2.45, 2.75) is 0 Å². The van der Waals surface area contributed by atoms with Crippen LogP contribution in [0.15, 0.2) is 23.4 Å². The van der Waals surface area contributed by atoms with Gasteiger partial charge < -0.3 is 14.7 Å². The molecule has 0 bridgehead atoms. The van der Waals surface area contributed by atoms with Crippen molar-refractivity contribution in [2.24, 2.45) is 5.16 Å². The topological polar surface area (TPSA) is 68.1 Å². The quantitative estimate of drug-likeness (QED) is 0.476. The molecule has 1 aromatic rings. The maximum atomic E-state index is 13.4. The molecule has 0 aliphatic carbocycles. The Labute approximate surface area is 91.1 Å². The molecule has 0 heterocycles. The molecule has 16 heavy (non-hydrogen) atoms. The Hall–Kier alpha value is -2.11. The maximum absolute atomic E-state index is 13.4. The maximum Gasteiger partial charge on any atom is 0.361 e. The molecule has 86 valence electrons. The summed E-state index contributed by atoms with van der Waals surface area (Å²) in [6.07, 6.45) is 0. The van der Waals surface area contributed by atoms with E-state index in [1.54, 1.807) is 0 Å². The lowest BCUT2D eigenvalue weighted by Gasteiger charge is -2.06. The van der Waals surface area contributed by atoms with Crippen LogP contribution in [0.2, 0.25) is 0 Å². The molecular formula is C10H10FNO4. The van der Waals surface area contributed by atoms with Crippen LogP contribution in [-0.2, 0) is 14.4 Å². The molecule has 1 aromatic carbocycles. The first-order valence-corrected chi connectivity index (χ1v) is 4.29. The van der Waals surface area contributed by atoms with Gasteiger partial charge in [0.1, 0.15) is 18.7 Å². The number of phenolic OH excluding ortho intramolecular Hbond substituents is 1. The molecule has 0 aromatic heterocycles. The summed E-state index contributed by atoms with van der Waals surface area (Å²) in [5, 5.41) is 12.8. The first kappa shape index (κ1) is 12.0. The van der Waals surface area contributed by atoms with E-state index in [1.807, 2.05) is 0 Å². The number of aromatic hydroxyl groups is 1. The predicted octanol–water partition coefficient (Wildman–Crippen LogP) is 1.05. The third-order valence-corrected chi connectivity index (χ3v) is 1.79. The van der Waals surface area contributed by atoms with Gasteiger partial charge in [-0.2, -0.15) is 0 Å². The fourth-order valence-electron chi connectivity index (χ4n) is 1.12. The first-order valence-electron chi connectivity index (χ1n) is 4.29. The van der Waals surface area contributed by atoms with E-state index in [0.29, 0.717) is 0 Å². The number of methoxy groups -OCH3 is 1. The average molecular weight is 227 g/mol. The van der Waals surface area contributed by atoms with Crippen LogP contribution in [0, 0.1) is 5.82 Å². The van der Waals surface area contributed by atoms with Gasteiger partial charge in [-0.25, -0.2) is 9.18 Å². The lowest BCUT2D eigenvalue weighted by atomic mass is 10.1. The van der Waals surface area contributed by atoms with Crippen LogP contribution >= 0.6 is 0 Å². The fourth-order valence-corrected chi connectivity index (χ4v) is 1.12. The third-order valence-electron chi connectivity index (χ3n) is 1.79. The molecule has 0 aliphatic heterocycles. The van der Waals surface area contributed by atoms with Crippen molar-refractivity contribution in [3.8, 4) is 5.75 Å². The summed E-state index contributed by atoms with van der Waals surface area (Å²) in [5.41, 5.74) is -0.781. The van der Waals surface area contributed by atoms with Crippen LogP contribution in [0.5, 0.6) is 5.75 Å². The van der Waals surface area contributed by atoms with E-state index in [4.69, 9.17) is 0 Å². The summed E-state index contributed by atoms with van der Waals surface area (Å²) in [6, 6.07) is 3.62. The Morgan fingerprint density at radius 3 is 2.62 bits per heavy atom. The van der Waals surface area contributed by atoms with Crippen LogP contribution in [0.4, 0.5) is 4.39 Å². The number of phenols is 1. The minimum Gasteiger partial charge on any atom is -0.507 e. The molecule has 1 rings (SSSR count). The highest BCUT2D eigenvalue weighted by Crippen LogP contribution is 2.21. The number of carbonyl (C=O) groups is 1. The van der Waals surface area contributed by atoms with Gasteiger partial charge in [0.25, 0.3) is 0 Å². The Kier molecular flexibility index (Phi) is 3.82. The summed E-state index contributed by atoms with van der Waals surface area (Å²) < 4.78 is 17.8. The Bertz CT molecular complexity index is 411. The van der Waals surface area contributed by atoms with Crippen molar-refractivity contribution in [1.29, 1.82) is 0 Å². The molecule has 0 unspecified atom stereocenters. The smallest absolute Gasteiger partial charge is 0.361 e. The normalized spacial score (nSPS) is 11.1. The minimum absolute atomic E-state index is 0.351. The Morgan fingerprint density at radius 2 is 2.12 bits per heavy atom. The lowest BCUT2D eigenvalue weighted by molar-refractivity contribution is -0.132. The highest BCUT2D eigenvalue weighted by Gasteiger charge is 2.23. The first-order chi connectivity index (χ1) is 7.61.